The van der Waals surface area contributed by atoms with Crippen molar-refractivity contribution in [3.63, 3.8) is 0 Å². The van der Waals surface area contributed by atoms with Gasteiger partial charge in [0, 0.05) is 25.7 Å². The van der Waals surface area contributed by atoms with Gasteiger partial charge in [0.1, 0.15) is 0 Å². The summed E-state index contributed by atoms with van der Waals surface area (Å²) in [6.45, 7) is 10.4. The molecule has 0 saturated carbocycles. The summed E-state index contributed by atoms with van der Waals surface area (Å²) in [7, 11) is -3.21. The van der Waals surface area contributed by atoms with Crippen molar-refractivity contribution in [1.82, 2.24) is 14.5 Å². The number of amides is 1. The lowest BCUT2D eigenvalue weighted by atomic mass is 9.94. The van der Waals surface area contributed by atoms with Crippen LogP contribution in [0, 0.1) is 17.8 Å². The number of nitrogens with one attached hydrogen (secondary N) is 1. The molecule has 146 valence electrons. The van der Waals surface area contributed by atoms with Gasteiger partial charge in [0.25, 0.3) is 0 Å². The Morgan fingerprint density at radius 1 is 1.16 bits per heavy atom. The van der Waals surface area contributed by atoms with Crippen LogP contribution in [0.3, 0.4) is 0 Å². The minimum absolute atomic E-state index is 0.00405. The minimum atomic E-state index is -3.21. The lowest BCUT2D eigenvalue weighted by Gasteiger charge is -2.39. The molecule has 6 nitrogen and oxygen atoms in total. The fourth-order valence-electron chi connectivity index (χ4n) is 3.95. The summed E-state index contributed by atoms with van der Waals surface area (Å²) in [6.07, 6.45) is 5.19. The maximum atomic E-state index is 12.6. The molecule has 25 heavy (non-hydrogen) atoms. The molecule has 0 spiro atoms. The number of sulfonamides is 1. The summed E-state index contributed by atoms with van der Waals surface area (Å²) in [5.41, 5.74) is 0. The summed E-state index contributed by atoms with van der Waals surface area (Å²) in [5.74, 6) is 1.05. The van der Waals surface area contributed by atoms with E-state index in [0.29, 0.717) is 31.6 Å². The van der Waals surface area contributed by atoms with Crippen LogP contribution in [0.5, 0.6) is 0 Å². The molecule has 2 fully saturated rings. The first-order valence-electron chi connectivity index (χ1n) is 9.65. The fourth-order valence-corrected chi connectivity index (χ4v) is 4.87. The van der Waals surface area contributed by atoms with E-state index in [2.05, 4.69) is 31.0 Å². The van der Waals surface area contributed by atoms with Crippen LogP contribution in [0.25, 0.3) is 0 Å². The maximum Gasteiger partial charge on any atom is 0.224 e. The summed E-state index contributed by atoms with van der Waals surface area (Å²) in [6, 6.07) is 0.353. The molecule has 0 unspecified atom stereocenters. The number of hydrogen-bond donors (Lipinski definition) is 1. The van der Waals surface area contributed by atoms with Crippen LogP contribution >= 0.6 is 0 Å². The Morgan fingerprint density at radius 2 is 1.80 bits per heavy atom. The van der Waals surface area contributed by atoms with E-state index in [1.54, 1.807) is 0 Å². The monoisotopic (exact) mass is 373 g/mol. The Hall–Kier alpha value is -0.660. The van der Waals surface area contributed by atoms with Crippen molar-refractivity contribution < 1.29 is 13.2 Å². The summed E-state index contributed by atoms with van der Waals surface area (Å²) >= 11 is 0. The third-order valence-electron chi connectivity index (χ3n) is 5.77. The molecule has 0 aliphatic carbocycles. The summed E-state index contributed by atoms with van der Waals surface area (Å²) in [4.78, 5) is 15.1. The lowest BCUT2D eigenvalue weighted by molar-refractivity contribution is -0.126. The average Bonchev–Trinajstić information content (AvgIpc) is 2.55. The van der Waals surface area contributed by atoms with Gasteiger partial charge < -0.3 is 5.32 Å². The normalized spacial score (nSPS) is 25.9. The van der Waals surface area contributed by atoms with Crippen molar-refractivity contribution in [2.75, 3.05) is 39.0 Å². The number of piperidine rings is 2. The highest BCUT2D eigenvalue weighted by Gasteiger charge is 2.31. The lowest BCUT2D eigenvalue weighted by Crippen LogP contribution is -2.51. The van der Waals surface area contributed by atoms with Crippen molar-refractivity contribution in [2.45, 2.75) is 52.5 Å². The molecule has 2 atom stereocenters. The Labute approximate surface area is 153 Å². The summed E-state index contributed by atoms with van der Waals surface area (Å²) < 4.78 is 24.9. The van der Waals surface area contributed by atoms with Crippen LogP contribution in [-0.2, 0) is 14.8 Å². The van der Waals surface area contributed by atoms with Crippen LogP contribution in [0.4, 0.5) is 0 Å². The second kappa shape index (κ2) is 8.82. The molecule has 7 heteroatoms. The maximum absolute atomic E-state index is 12.6. The molecule has 2 saturated heterocycles. The number of carbonyl (C=O) groups excluding carboxylic acids is 1. The quantitative estimate of drug-likeness (QED) is 0.767. The van der Waals surface area contributed by atoms with Gasteiger partial charge in [0.2, 0.25) is 15.9 Å². The SMILES string of the molecule is CC1CCN([C@H](CNC(=O)[C@H]2CCCN(S(C)(=O)=O)C2)C(C)C)CC1. The molecule has 0 aromatic carbocycles. The van der Waals surface area contributed by atoms with Crippen LogP contribution < -0.4 is 5.32 Å². The van der Waals surface area contributed by atoms with E-state index < -0.39 is 10.0 Å². The van der Waals surface area contributed by atoms with E-state index in [4.69, 9.17) is 0 Å². The molecule has 0 aromatic heterocycles. The highest BCUT2D eigenvalue weighted by Crippen LogP contribution is 2.22. The molecule has 0 bridgehead atoms. The predicted octanol–water partition coefficient (Wildman–Crippen LogP) is 1.53. The van der Waals surface area contributed by atoms with Crippen LogP contribution in [0.15, 0.2) is 0 Å². The zero-order valence-electron chi connectivity index (χ0n) is 16.2. The largest absolute Gasteiger partial charge is 0.354 e. The molecule has 1 amide bonds. The number of rotatable bonds is 6. The van der Waals surface area contributed by atoms with Crippen LogP contribution in [0.2, 0.25) is 0 Å². The molecular weight excluding hydrogens is 338 g/mol. The molecule has 2 aliphatic rings. The van der Waals surface area contributed by atoms with Crippen LogP contribution in [-0.4, -0.2) is 68.6 Å². The Balaban J connectivity index is 1.88. The Kier molecular flexibility index (Phi) is 7.29. The van der Waals surface area contributed by atoms with Gasteiger partial charge >= 0.3 is 0 Å². The predicted molar refractivity (Wildman–Crippen MR) is 101 cm³/mol. The highest BCUT2D eigenvalue weighted by atomic mass is 32.2. The van der Waals surface area contributed by atoms with E-state index in [1.807, 2.05) is 0 Å². The third kappa shape index (κ3) is 5.93. The zero-order chi connectivity index (χ0) is 18.6. The van der Waals surface area contributed by atoms with Crippen molar-refractivity contribution in [3.05, 3.63) is 0 Å². The van der Waals surface area contributed by atoms with E-state index in [0.717, 1.165) is 31.8 Å². The van der Waals surface area contributed by atoms with Gasteiger partial charge in [0.15, 0.2) is 0 Å². The standard InChI is InChI=1S/C18H35N3O3S/c1-14(2)17(20-10-7-15(3)8-11-20)12-19-18(22)16-6-5-9-21(13-16)25(4,23)24/h14-17H,5-13H2,1-4H3,(H,19,22)/t16-,17+/m0/s1. The first-order chi connectivity index (χ1) is 11.7. The Bertz CT molecular complexity index is 542. The van der Waals surface area contributed by atoms with Crippen LogP contribution in [0.1, 0.15) is 46.5 Å². The van der Waals surface area contributed by atoms with Gasteiger partial charge in [-0.05, 0) is 50.6 Å². The number of carbonyl (C=O) groups is 1. The van der Waals surface area contributed by atoms with E-state index in [-0.39, 0.29) is 11.8 Å². The average molecular weight is 374 g/mol. The van der Waals surface area contributed by atoms with Crippen molar-refractivity contribution >= 4 is 15.9 Å². The fraction of sp³-hybridized carbons (Fsp3) is 0.944. The van der Waals surface area contributed by atoms with E-state index >= 15 is 0 Å². The third-order valence-corrected chi connectivity index (χ3v) is 7.04. The Morgan fingerprint density at radius 3 is 2.36 bits per heavy atom. The molecule has 2 heterocycles. The molecule has 1 N–H and O–H groups in total. The van der Waals surface area contributed by atoms with Gasteiger partial charge in [-0.25, -0.2) is 12.7 Å². The van der Waals surface area contributed by atoms with Crippen molar-refractivity contribution in [3.8, 4) is 0 Å². The first-order valence-corrected chi connectivity index (χ1v) is 11.5. The molecule has 0 aromatic rings. The smallest absolute Gasteiger partial charge is 0.224 e. The second-order valence-electron chi connectivity index (χ2n) is 8.24. The van der Waals surface area contributed by atoms with Gasteiger partial charge in [-0.1, -0.05) is 20.8 Å². The zero-order valence-corrected chi connectivity index (χ0v) is 17.0. The van der Waals surface area contributed by atoms with Gasteiger partial charge in [-0.3, -0.25) is 9.69 Å². The van der Waals surface area contributed by atoms with Crippen molar-refractivity contribution in [1.29, 1.82) is 0 Å². The topological polar surface area (TPSA) is 69.7 Å². The molecule has 2 aliphatic heterocycles. The molecular formula is C18H35N3O3S. The van der Waals surface area contributed by atoms with Gasteiger partial charge in [-0.15, -0.1) is 0 Å². The number of nitrogens with zero attached hydrogens (tertiary/aromatic N) is 2. The highest BCUT2D eigenvalue weighted by molar-refractivity contribution is 7.88. The van der Waals surface area contributed by atoms with E-state index in [9.17, 15) is 13.2 Å². The first kappa shape index (κ1) is 20.6. The van der Waals surface area contributed by atoms with E-state index in [1.165, 1.54) is 23.4 Å². The summed E-state index contributed by atoms with van der Waals surface area (Å²) in [5, 5.41) is 3.11. The second-order valence-corrected chi connectivity index (χ2v) is 10.2. The number of likely N-dealkylation sites (tertiary alicyclic amines) is 1. The minimum Gasteiger partial charge on any atom is -0.354 e. The van der Waals surface area contributed by atoms with Gasteiger partial charge in [0.05, 0.1) is 12.2 Å². The van der Waals surface area contributed by atoms with Gasteiger partial charge in [-0.2, -0.15) is 0 Å². The molecule has 2 rings (SSSR count). The number of hydrogen-bond acceptors (Lipinski definition) is 4. The van der Waals surface area contributed by atoms with Crippen molar-refractivity contribution in [2.24, 2.45) is 17.8 Å². The molecule has 0 radical (unpaired) electrons.